The lowest BCUT2D eigenvalue weighted by atomic mass is 10.2. The molecule has 1 aliphatic heterocycles. The van der Waals surface area contributed by atoms with Crippen LogP contribution in [0.5, 0.6) is 0 Å². The fourth-order valence-electron chi connectivity index (χ4n) is 3.01. The number of amides is 3. The highest BCUT2D eigenvalue weighted by atomic mass is 19.1. The molecule has 1 aromatic carbocycles. The van der Waals surface area contributed by atoms with E-state index in [4.69, 9.17) is 5.73 Å². The lowest BCUT2D eigenvalue weighted by Gasteiger charge is -2.22. The number of aromatic nitrogens is 2. The Balaban J connectivity index is 1.47. The van der Waals surface area contributed by atoms with Crippen LogP contribution < -0.4 is 11.1 Å². The zero-order chi connectivity index (χ0) is 17.1. The van der Waals surface area contributed by atoms with Crippen LogP contribution >= 0.6 is 0 Å². The van der Waals surface area contributed by atoms with Crippen molar-refractivity contribution in [1.82, 2.24) is 20.2 Å². The predicted molar refractivity (Wildman–Crippen MR) is 86.7 cm³/mol. The summed E-state index contributed by atoms with van der Waals surface area (Å²) >= 11 is 0. The molecule has 4 N–H and O–H groups in total. The fraction of sp³-hybridized carbons (Fsp3) is 0.438. The second-order valence-electron chi connectivity index (χ2n) is 5.93. The Morgan fingerprint density at radius 3 is 3.08 bits per heavy atom. The summed E-state index contributed by atoms with van der Waals surface area (Å²) in [6.45, 7) is 1.01. The van der Waals surface area contributed by atoms with Crippen LogP contribution in [0.1, 0.15) is 25.1 Å². The van der Waals surface area contributed by atoms with Gasteiger partial charge in [0.05, 0.1) is 11.0 Å². The summed E-state index contributed by atoms with van der Waals surface area (Å²) in [6.07, 6.45) is 2.73. The first kappa shape index (κ1) is 16.2. The van der Waals surface area contributed by atoms with Crippen molar-refractivity contribution in [3.8, 4) is 0 Å². The van der Waals surface area contributed by atoms with E-state index in [2.05, 4.69) is 15.3 Å². The lowest BCUT2D eigenvalue weighted by molar-refractivity contribution is -0.121. The van der Waals surface area contributed by atoms with Gasteiger partial charge in [-0.1, -0.05) is 0 Å². The number of primary amides is 1. The van der Waals surface area contributed by atoms with Crippen molar-refractivity contribution < 1.29 is 14.0 Å². The third-order valence-electron chi connectivity index (χ3n) is 4.20. The van der Waals surface area contributed by atoms with Crippen LogP contribution in [0.25, 0.3) is 11.0 Å². The van der Waals surface area contributed by atoms with Crippen molar-refractivity contribution in [2.24, 2.45) is 5.73 Å². The molecule has 3 rings (SSSR count). The number of carbonyl (C=O) groups is 2. The number of fused-ring (bicyclic) bond motifs is 1. The molecule has 3 amide bonds. The van der Waals surface area contributed by atoms with Crippen LogP contribution in [0, 0.1) is 5.82 Å². The van der Waals surface area contributed by atoms with Crippen LogP contribution in [-0.4, -0.2) is 45.9 Å². The number of H-pyrrole nitrogens is 1. The van der Waals surface area contributed by atoms with E-state index in [9.17, 15) is 14.0 Å². The van der Waals surface area contributed by atoms with E-state index in [-0.39, 0.29) is 11.8 Å². The number of carbonyl (C=O) groups excluding carboxylic acids is 2. The van der Waals surface area contributed by atoms with Gasteiger partial charge in [0.15, 0.2) is 0 Å². The minimum atomic E-state index is -0.504. The number of hydrogen-bond donors (Lipinski definition) is 3. The van der Waals surface area contributed by atoms with Crippen molar-refractivity contribution in [3.63, 3.8) is 0 Å². The third-order valence-corrected chi connectivity index (χ3v) is 4.20. The van der Waals surface area contributed by atoms with E-state index in [1.807, 2.05) is 0 Å². The SMILES string of the molecule is NC(=O)[C@@H]1CCCN1C(=O)NCCCc1nc2ccc(F)cc2[nH]1. The van der Waals surface area contributed by atoms with Crippen molar-refractivity contribution in [1.29, 1.82) is 0 Å². The summed E-state index contributed by atoms with van der Waals surface area (Å²) in [6, 6.07) is 3.64. The largest absolute Gasteiger partial charge is 0.368 e. The van der Waals surface area contributed by atoms with Crippen LogP contribution in [0.2, 0.25) is 0 Å². The molecule has 0 aliphatic carbocycles. The number of aryl methyl sites for hydroxylation is 1. The van der Waals surface area contributed by atoms with Gasteiger partial charge >= 0.3 is 6.03 Å². The third kappa shape index (κ3) is 3.47. The standard InChI is InChI=1S/C16H20FN5O2/c17-10-5-6-11-12(9-10)21-14(20-11)4-1-7-19-16(24)22-8-2-3-13(22)15(18)23/h5-6,9,13H,1-4,7-8H2,(H2,18,23)(H,19,24)(H,20,21)/t13-/m0/s1. The zero-order valence-electron chi connectivity index (χ0n) is 13.2. The molecule has 2 aromatic rings. The number of hydrogen-bond acceptors (Lipinski definition) is 3. The Hall–Kier alpha value is -2.64. The van der Waals surface area contributed by atoms with Crippen LogP contribution in [0.3, 0.4) is 0 Å². The van der Waals surface area contributed by atoms with Crippen LogP contribution in [-0.2, 0) is 11.2 Å². The summed E-state index contributed by atoms with van der Waals surface area (Å²) in [5.41, 5.74) is 6.69. The monoisotopic (exact) mass is 333 g/mol. The number of nitrogens with two attached hydrogens (primary N) is 1. The number of benzene rings is 1. The first-order chi connectivity index (χ1) is 11.5. The summed E-state index contributed by atoms with van der Waals surface area (Å²) in [7, 11) is 0. The summed E-state index contributed by atoms with van der Waals surface area (Å²) in [5, 5.41) is 2.80. The normalized spacial score (nSPS) is 17.4. The van der Waals surface area contributed by atoms with Gasteiger partial charge in [-0.05, 0) is 37.5 Å². The lowest BCUT2D eigenvalue weighted by Crippen LogP contribution is -2.48. The number of aromatic amines is 1. The van der Waals surface area contributed by atoms with Gasteiger partial charge in [-0.3, -0.25) is 4.79 Å². The molecule has 1 atom stereocenters. The molecule has 0 bridgehead atoms. The fourth-order valence-corrected chi connectivity index (χ4v) is 3.01. The summed E-state index contributed by atoms with van der Waals surface area (Å²) in [4.78, 5) is 32.3. The summed E-state index contributed by atoms with van der Waals surface area (Å²) < 4.78 is 13.1. The summed E-state index contributed by atoms with van der Waals surface area (Å²) in [5.74, 6) is -0.0160. The molecule has 1 saturated heterocycles. The average molecular weight is 333 g/mol. The van der Waals surface area contributed by atoms with E-state index < -0.39 is 11.9 Å². The van der Waals surface area contributed by atoms with Crippen LogP contribution in [0.4, 0.5) is 9.18 Å². The van der Waals surface area contributed by atoms with Crippen molar-refractivity contribution >= 4 is 23.0 Å². The number of likely N-dealkylation sites (tertiary alicyclic amines) is 1. The average Bonchev–Trinajstić information content (AvgIpc) is 3.17. The molecule has 0 spiro atoms. The van der Waals surface area contributed by atoms with E-state index >= 15 is 0 Å². The Morgan fingerprint density at radius 2 is 2.29 bits per heavy atom. The smallest absolute Gasteiger partial charge is 0.318 e. The Labute approximate surface area is 138 Å². The highest BCUT2D eigenvalue weighted by Gasteiger charge is 2.32. The maximum Gasteiger partial charge on any atom is 0.318 e. The second-order valence-corrected chi connectivity index (χ2v) is 5.93. The number of urea groups is 1. The van der Waals surface area contributed by atoms with Gasteiger partial charge in [0.1, 0.15) is 17.7 Å². The van der Waals surface area contributed by atoms with Crippen molar-refractivity contribution in [2.75, 3.05) is 13.1 Å². The topological polar surface area (TPSA) is 104 Å². The predicted octanol–water partition coefficient (Wildman–Crippen LogP) is 1.29. The van der Waals surface area contributed by atoms with Gasteiger partial charge in [0, 0.05) is 19.5 Å². The van der Waals surface area contributed by atoms with Crippen molar-refractivity contribution in [2.45, 2.75) is 31.7 Å². The highest BCUT2D eigenvalue weighted by molar-refractivity contribution is 5.86. The van der Waals surface area contributed by atoms with Gasteiger partial charge in [0.25, 0.3) is 0 Å². The molecule has 0 radical (unpaired) electrons. The first-order valence-electron chi connectivity index (χ1n) is 8.02. The van der Waals surface area contributed by atoms with E-state index in [1.54, 1.807) is 6.07 Å². The Kier molecular flexibility index (Phi) is 4.64. The van der Waals surface area contributed by atoms with Gasteiger partial charge in [-0.2, -0.15) is 0 Å². The number of nitrogens with zero attached hydrogens (tertiary/aromatic N) is 2. The first-order valence-corrected chi connectivity index (χ1v) is 8.02. The second kappa shape index (κ2) is 6.86. The van der Waals surface area contributed by atoms with Gasteiger partial charge < -0.3 is 20.9 Å². The number of halogens is 1. The molecule has 7 nitrogen and oxygen atoms in total. The number of nitrogens with one attached hydrogen (secondary N) is 2. The highest BCUT2D eigenvalue weighted by Crippen LogP contribution is 2.17. The molecular formula is C16H20FN5O2. The van der Waals surface area contributed by atoms with Gasteiger partial charge in [0.2, 0.25) is 5.91 Å². The van der Waals surface area contributed by atoms with Crippen molar-refractivity contribution in [3.05, 3.63) is 29.8 Å². The minimum absolute atomic E-state index is 0.261. The molecule has 2 heterocycles. The minimum Gasteiger partial charge on any atom is -0.368 e. The molecule has 128 valence electrons. The molecule has 0 saturated carbocycles. The maximum atomic E-state index is 13.1. The van der Waals surface area contributed by atoms with Gasteiger partial charge in [-0.15, -0.1) is 0 Å². The quantitative estimate of drug-likeness (QED) is 0.718. The van der Waals surface area contributed by atoms with Crippen LogP contribution in [0.15, 0.2) is 18.2 Å². The van der Waals surface area contributed by atoms with E-state index in [0.717, 1.165) is 17.8 Å². The molecule has 1 aromatic heterocycles. The Bertz CT molecular complexity index is 760. The molecule has 1 fully saturated rings. The molecule has 0 unspecified atom stereocenters. The molecular weight excluding hydrogens is 313 g/mol. The molecule has 8 heteroatoms. The number of rotatable bonds is 5. The molecule has 1 aliphatic rings. The number of imidazole rings is 1. The Morgan fingerprint density at radius 1 is 1.46 bits per heavy atom. The van der Waals surface area contributed by atoms with E-state index in [0.29, 0.717) is 37.9 Å². The zero-order valence-corrected chi connectivity index (χ0v) is 13.2. The van der Waals surface area contributed by atoms with Gasteiger partial charge in [-0.25, -0.2) is 14.2 Å². The molecule has 24 heavy (non-hydrogen) atoms. The van der Waals surface area contributed by atoms with E-state index in [1.165, 1.54) is 17.0 Å². The maximum absolute atomic E-state index is 13.1.